The number of aryl methyl sites for hydroxylation is 1. The molecule has 2 aromatic heterocycles. The Kier molecular flexibility index (Phi) is 7.47. The van der Waals surface area contributed by atoms with E-state index in [1.54, 1.807) is 17.6 Å². The van der Waals surface area contributed by atoms with Gasteiger partial charge in [-0.2, -0.15) is 4.89 Å². The molecule has 0 saturated carbocycles. The predicted octanol–water partition coefficient (Wildman–Crippen LogP) is 4.78. The molecule has 1 aromatic carbocycles. The van der Waals surface area contributed by atoms with Crippen LogP contribution in [0.2, 0.25) is 0 Å². The van der Waals surface area contributed by atoms with Gasteiger partial charge in [0.05, 0.1) is 35.6 Å². The Labute approximate surface area is 210 Å². The lowest BCUT2D eigenvalue weighted by Gasteiger charge is -2.31. The van der Waals surface area contributed by atoms with E-state index in [0.29, 0.717) is 41.4 Å². The highest BCUT2D eigenvalue weighted by Crippen LogP contribution is 2.40. The Morgan fingerprint density at radius 2 is 1.92 bits per heavy atom. The van der Waals surface area contributed by atoms with E-state index in [4.69, 9.17) is 19.5 Å². The molecule has 0 bridgehead atoms. The molecular weight excluding hydrogens is 460 g/mol. The molecule has 0 fully saturated rings. The number of carbonyl (C=O) groups is 1. The topological polar surface area (TPSA) is 99.9 Å². The average Bonchev–Trinajstić information content (AvgIpc) is 3.27. The van der Waals surface area contributed by atoms with E-state index < -0.39 is 11.6 Å². The minimum Gasteiger partial charge on any atom is -0.458 e. The van der Waals surface area contributed by atoms with Gasteiger partial charge < -0.3 is 19.3 Å². The molecule has 8 nitrogen and oxygen atoms in total. The van der Waals surface area contributed by atoms with Gasteiger partial charge in [-0.3, -0.25) is 4.79 Å². The number of carbonyl (C=O) groups excluding carboxylic acids is 1. The number of esters is 1. The van der Waals surface area contributed by atoms with Crippen molar-refractivity contribution in [1.29, 1.82) is 0 Å². The summed E-state index contributed by atoms with van der Waals surface area (Å²) in [5.74, 6) is -0.119. The van der Waals surface area contributed by atoms with Gasteiger partial charge in [-0.05, 0) is 49.1 Å². The van der Waals surface area contributed by atoms with Gasteiger partial charge in [-0.15, -0.1) is 0 Å². The van der Waals surface area contributed by atoms with Crippen molar-refractivity contribution in [1.82, 2.24) is 9.55 Å². The molecule has 0 amide bonds. The molecule has 192 valence electrons. The van der Waals surface area contributed by atoms with Crippen molar-refractivity contribution < 1.29 is 24.4 Å². The summed E-state index contributed by atoms with van der Waals surface area (Å²) in [5, 5.41) is 12.0. The van der Waals surface area contributed by atoms with Crippen molar-refractivity contribution in [3.8, 4) is 17.1 Å². The average molecular weight is 495 g/mol. The second kappa shape index (κ2) is 10.4. The van der Waals surface area contributed by atoms with Gasteiger partial charge in [0, 0.05) is 16.5 Å². The number of aliphatic hydroxyl groups is 1. The Morgan fingerprint density at radius 1 is 1.14 bits per heavy atom. The maximum atomic E-state index is 13.4. The first-order chi connectivity index (χ1) is 17.4. The van der Waals surface area contributed by atoms with Gasteiger partial charge in [0.15, 0.2) is 11.4 Å². The molecule has 1 atom stereocenters. The number of nitrogens with zero attached hydrogens (tertiary/aromatic N) is 2. The van der Waals surface area contributed by atoms with Crippen LogP contribution in [-0.2, 0) is 39.6 Å². The third-order valence-electron chi connectivity index (χ3n) is 6.87. The van der Waals surface area contributed by atoms with E-state index in [1.807, 2.05) is 32.0 Å². The second-order valence-electron chi connectivity index (χ2n) is 8.81. The number of pyridine rings is 2. The van der Waals surface area contributed by atoms with Crippen molar-refractivity contribution in [3.05, 3.63) is 56.9 Å². The molecule has 8 heteroatoms. The van der Waals surface area contributed by atoms with Crippen LogP contribution in [0.15, 0.2) is 29.1 Å². The van der Waals surface area contributed by atoms with Crippen LogP contribution in [0, 0.1) is 0 Å². The van der Waals surface area contributed by atoms with Crippen molar-refractivity contribution >= 4 is 16.9 Å². The van der Waals surface area contributed by atoms with Crippen molar-refractivity contribution in [2.24, 2.45) is 0 Å². The summed E-state index contributed by atoms with van der Waals surface area (Å²) in [6, 6.07) is 7.36. The number of ether oxygens (including phenoxy) is 1. The van der Waals surface area contributed by atoms with Crippen LogP contribution < -0.4 is 10.4 Å². The maximum Gasteiger partial charge on any atom is 0.343 e. The summed E-state index contributed by atoms with van der Waals surface area (Å²) < 4.78 is 6.82. The van der Waals surface area contributed by atoms with Crippen molar-refractivity contribution in [3.63, 3.8) is 0 Å². The van der Waals surface area contributed by atoms with Crippen LogP contribution in [0.1, 0.15) is 76.1 Å². The van der Waals surface area contributed by atoms with E-state index in [1.165, 1.54) is 0 Å². The fourth-order valence-corrected chi connectivity index (χ4v) is 4.91. The predicted molar refractivity (Wildman–Crippen MR) is 137 cm³/mol. The number of hydrogen-bond acceptors (Lipinski definition) is 7. The number of rotatable bonds is 7. The van der Waals surface area contributed by atoms with Gasteiger partial charge in [-0.1, -0.05) is 41.0 Å². The Balaban J connectivity index is 0.00000148. The van der Waals surface area contributed by atoms with Crippen LogP contribution >= 0.6 is 0 Å². The smallest absolute Gasteiger partial charge is 0.343 e. The quantitative estimate of drug-likeness (QED) is 0.171. The third-order valence-corrected chi connectivity index (χ3v) is 6.87. The first-order valence-electron chi connectivity index (χ1n) is 12.8. The molecule has 1 N–H and O–H groups in total. The fraction of sp³-hybridized carbons (Fsp3) is 0.464. The van der Waals surface area contributed by atoms with Gasteiger partial charge >= 0.3 is 5.97 Å². The molecule has 0 aliphatic carbocycles. The number of hydrogen-bond donors (Lipinski definition) is 1. The minimum absolute atomic E-state index is 0.114. The zero-order chi connectivity index (χ0) is 26.0. The lowest BCUT2D eigenvalue weighted by Crippen LogP contribution is -2.44. The first-order valence-corrected chi connectivity index (χ1v) is 12.8. The molecule has 2 aliphatic rings. The van der Waals surface area contributed by atoms with Gasteiger partial charge in [0.2, 0.25) is 0 Å². The normalized spacial score (nSPS) is 17.6. The molecule has 0 saturated heterocycles. The monoisotopic (exact) mass is 494 g/mol. The molecule has 36 heavy (non-hydrogen) atoms. The first kappa shape index (κ1) is 25.9. The summed E-state index contributed by atoms with van der Waals surface area (Å²) >= 11 is 0. The van der Waals surface area contributed by atoms with Crippen LogP contribution in [0.25, 0.3) is 22.3 Å². The molecule has 0 unspecified atom stereocenters. The Morgan fingerprint density at radius 3 is 2.61 bits per heavy atom. The van der Waals surface area contributed by atoms with E-state index >= 15 is 0 Å². The lowest BCUT2D eigenvalue weighted by molar-refractivity contribution is -0.207. The minimum atomic E-state index is -1.83. The summed E-state index contributed by atoms with van der Waals surface area (Å²) in [7, 11) is 0. The summed E-state index contributed by atoms with van der Waals surface area (Å²) in [4.78, 5) is 41.4. The molecule has 4 heterocycles. The van der Waals surface area contributed by atoms with Crippen LogP contribution in [0.4, 0.5) is 0 Å². The van der Waals surface area contributed by atoms with Crippen LogP contribution in [-0.4, -0.2) is 27.2 Å². The molecular formula is C28H34N2O6. The highest BCUT2D eigenvalue weighted by Gasteiger charge is 2.45. The lowest BCUT2D eigenvalue weighted by atomic mass is 9.86. The largest absolute Gasteiger partial charge is 0.458 e. The van der Waals surface area contributed by atoms with Crippen LogP contribution in [0.5, 0.6) is 5.75 Å². The number of cyclic esters (lactones) is 1. The van der Waals surface area contributed by atoms with Crippen molar-refractivity contribution in [2.75, 3.05) is 6.61 Å². The van der Waals surface area contributed by atoms with Crippen LogP contribution in [0.3, 0.4) is 0 Å². The van der Waals surface area contributed by atoms with E-state index in [9.17, 15) is 14.7 Å². The Hall–Kier alpha value is -3.23. The van der Waals surface area contributed by atoms with Gasteiger partial charge in [-0.25, -0.2) is 9.78 Å². The number of unbranched alkanes of at least 4 members (excludes halogenated alkanes) is 1. The standard InChI is InChI=1S/C26H28N2O6.C2H6/c1-4-7-10-33-34-15-8-9-21-17(11-15)16(5-2)18-13-28-22(23(18)27-21)12-20-19(24(28)29)14-32-25(30)26(20,31)6-3;1-2/h8-9,11-12,31H,4-7,10,13-14H2,1-3H3;1-2H3/t26-;/m0./s1. The van der Waals surface area contributed by atoms with Gasteiger partial charge in [0.25, 0.3) is 5.56 Å². The SMILES string of the molecule is CC.CCCCOOc1ccc2nc3c(c(CC)c2c1)Cn1c-3cc2c(c1=O)COC(=O)[C@]2(O)CC. The summed E-state index contributed by atoms with van der Waals surface area (Å²) in [6.45, 7) is 10.6. The highest BCUT2D eigenvalue weighted by atomic mass is 17.2. The number of fused-ring (bicyclic) bond motifs is 5. The van der Waals surface area contributed by atoms with E-state index in [0.717, 1.165) is 41.3 Å². The molecule has 0 radical (unpaired) electrons. The second-order valence-corrected chi connectivity index (χ2v) is 8.81. The van der Waals surface area contributed by atoms with E-state index in [-0.39, 0.29) is 18.6 Å². The highest BCUT2D eigenvalue weighted by molar-refractivity contribution is 5.89. The maximum absolute atomic E-state index is 13.4. The molecule has 5 rings (SSSR count). The van der Waals surface area contributed by atoms with Crippen molar-refractivity contribution in [2.45, 2.75) is 79.1 Å². The third kappa shape index (κ3) is 4.08. The zero-order valence-corrected chi connectivity index (χ0v) is 21.6. The Bertz CT molecular complexity index is 1360. The summed E-state index contributed by atoms with van der Waals surface area (Å²) in [5.41, 5.74) is 2.69. The van der Waals surface area contributed by atoms with Gasteiger partial charge in [0.1, 0.15) is 6.61 Å². The number of benzene rings is 1. The fourth-order valence-electron chi connectivity index (χ4n) is 4.91. The molecule has 2 aliphatic heterocycles. The summed E-state index contributed by atoms with van der Waals surface area (Å²) in [6.07, 6.45) is 2.80. The molecule has 0 spiro atoms. The zero-order valence-electron chi connectivity index (χ0n) is 21.6. The van der Waals surface area contributed by atoms with E-state index in [2.05, 4.69) is 13.8 Å². The molecule has 3 aromatic rings. The number of aromatic nitrogens is 2.